The molecule has 1 aromatic heterocycles. The lowest BCUT2D eigenvalue weighted by molar-refractivity contribution is 0.584. The lowest BCUT2D eigenvalue weighted by atomic mass is 10.3. The van der Waals surface area contributed by atoms with Crippen LogP contribution in [0.4, 0.5) is 21.8 Å². The molecule has 22 heavy (non-hydrogen) atoms. The lowest BCUT2D eigenvalue weighted by Gasteiger charge is -2.29. The highest BCUT2D eigenvalue weighted by Crippen LogP contribution is 2.26. The standard InChI is InChI=1S/C14H14BrClFN5/c15-10-8-19-14(20-9-1-2-12(17)11(16)7-9)21-13(10)22-5-3-18-4-6-22/h1-2,7-8,18H,3-6H2,(H,19,20,21). The molecule has 1 aliphatic rings. The molecule has 116 valence electrons. The van der Waals surface area contributed by atoms with Crippen LogP contribution in [0, 0.1) is 5.82 Å². The minimum atomic E-state index is -0.453. The number of nitrogens with one attached hydrogen (secondary N) is 2. The molecule has 0 bridgehead atoms. The Morgan fingerprint density at radius 3 is 2.82 bits per heavy atom. The molecule has 1 saturated heterocycles. The molecular formula is C14H14BrClFN5. The molecule has 0 atom stereocenters. The average Bonchev–Trinajstić information content (AvgIpc) is 2.54. The van der Waals surface area contributed by atoms with Crippen molar-refractivity contribution in [3.63, 3.8) is 0 Å². The summed E-state index contributed by atoms with van der Waals surface area (Å²) in [6.45, 7) is 3.62. The third-order valence-electron chi connectivity index (χ3n) is 3.32. The first kappa shape index (κ1) is 15.5. The Balaban J connectivity index is 1.83. The Kier molecular flexibility index (Phi) is 4.75. The van der Waals surface area contributed by atoms with Crippen molar-refractivity contribution in [3.8, 4) is 0 Å². The molecule has 0 aliphatic carbocycles. The van der Waals surface area contributed by atoms with E-state index in [0.717, 1.165) is 36.5 Å². The average molecular weight is 387 g/mol. The molecule has 2 N–H and O–H groups in total. The van der Waals surface area contributed by atoms with Crippen LogP contribution in [0.1, 0.15) is 0 Å². The zero-order valence-corrected chi connectivity index (χ0v) is 14.0. The molecule has 2 aromatic rings. The largest absolute Gasteiger partial charge is 0.353 e. The van der Waals surface area contributed by atoms with E-state index in [9.17, 15) is 4.39 Å². The maximum atomic E-state index is 13.2. The van der Waals surface area contributed by atoms with Gasteiger partial charge in [0.2, 0.25) is 5.95 Å². The number of nitrogens with zero attached hydrogens (tertiary/aromatic N) is 3. The summed E-state index contributed by atoms with van der Waals surface area (Å²) >= 11 is 9.27. The van der Waals surface area contributed by atoms with E-state index in [0.29, 0.717) is 11.6 Å². The highest BCUT2D eigenvalue weighted by molar-refractivity contribution is 9.10. The van der Waals surface area contributed by atoms with Crippen molar-refractivity contribution in [3.05, 3.63) is 39.7 Å². The SMILES string of the molecule is Fc1ccc(Nc2ncc(Br)c(N3CCNCC3)n2)cc1Cl. The summed E-state index contributed by atoms with van der Waals surface area (Å²) in [4.78, 5) is 11.0. The van der Waals surface area contributed by atoms with Gasteiger partial charge in [-0.05, 0) is 34.1 Å². The van der Waals surface area contributed by atoms with E-state index in [1.807, 2.05) is 0 Å². The van der Waals surface area contributed by atoms with Crippen LogP contribution in [-0.4, -0.2) is 36.1 Å². The van der Waals surface area contributed by atoms with Gasteiger partial charge in [0, 0.05) is 38.1 Å². The Bertz CT molecular complexity index is 678. The van der Waals surface area contributed by atoms with Crippen molar-refractivity contribution in [2.75, 3.05) is 36.4 Å². The molecule has 2 heterocycles. The number of hydrogen-bond donors (Lipinski definition) is 2. The van der Waals surface area contributed by atoms with Crippen molar-refractivity contribution < 1.29 is 4.39 Å². The minimum Gasteiger partial charge on any atom is -0.353 e. The van der Waals surface area contributed by atoms with Gasteiger partial charge < -0.3 is 15.5 Å². The smallest absolute Gasteiger partial charge is 0.229 e. The number of benzene rings is 1. The fourth-order valence-corrected chi connectivity index (χ4v) is 2.84. The molecule has 1 aliphatic heterocycles. The predicted octanol–water partition coefficient (Wildman–Crippen LogP) is 3.18. The molecule has 0 saturated carbocycles. The summed E-state index contributed by atoms with van der Waals surface area (Å²) in [5.74, 6) is 0.831. The Morgan fingerprint density at radius 2 is 2.09 bits per heavy atom. The van der Waals surface area contributed by atoms with E-state index >= 15 is 0 Å². The minimum absolute atomic E-state index is 0.0597. The van der Waals surface area contributed by atoms with E-state index in [1.165, 1.54) is 12.1 Å². The first-order valence-electron chi connectivity index (χ1n) is 6.84. The van der Waals surface area contributed by atoms with Crippen LogP contribution in [0.2, 0.25) is 5.02 Å². The van der Waals surface area contributed by atoms with Gasteiger partial charge in [0.15, 0.2) is 0 Å². The van der Waals surface area contributed by atoms with Gasteiger partial charge in [0.05, 0.1) is 9.50 Å². The van der Waals surface area contributed by atoms with Gasteiger partial charge in [0.25, 0.3) is 0 Å². The zero-order chi connectivity index (χ0) is 15.5. The van der Waals surface area contributed by atoms with Gasteiger partial charge in [-0.25, -0.2) is 9.37 Å². The van der Waals surface area contributed by atoms with Gasteiger partial charge in [0.1, 0.15) is 11.6 Å². The van der Waals surface area contributed by atoms with Crippen LogP contribution in [0.3, 0.4) is 0 Å². The van der Waals surface area contributed by atoms with Crippen molar-refractivity contribution in [1.82, 2.24) is 15.3 Å². The van der Waals surface area contributed by atoms with Crippen molar-refractivity contribution in [2.45, 2.75) is 0 Å². The lowest BCUT2D eigenvalue weighted by Crippen LogP contribution is -2.44. The summed E-state index contributed by atoms with van der Waals surface area (Å²) in [6, 6.07) is 4.41. The number of rotatable bonds is 3. The van der Waals surface area contributed by atoms with Crippen LogP contribution in [0.15, 0.2) is 28.9 Å². The molecule has 3 rings (SSSR count). The number of piperazine rings is 1. The molecule has 0 unspecified atom stereocenters. The molecule has 8 heteroatoms. The van der Waals surface area contributed by atoms with E-state index < -0.39 is 5.82 Å². The fraction of sp³-hybridized carbons (Fsp3) is 0.286. The van der Waals surface area contributed by atoms with Crippen LogP contribution < -0.4 is 15.5 Å². The van der Waals surface area contributed by atoms with Crippen LogP contribution in [0.5, 0.6) is 0 Å². The molecule has 0 radical (unpaired) electrons. The van der Waals surface area contributed by atoms with E-state index in [1.54, 1.807) is 12.3 Å². The number of halogens is 3. The summed E-state index contributed by atoms with van der Waals surface area (Å²) < 4.78 is 14.0. The second kappa shape index (κ2) is 6.76. The first-order chi connectivity index (χ1) is 10.6. The summed E-state index contributed by atoms with van der Waals surface area (Å²) in [7, 11) is 0. The van der Waals surface area contributed by atoms with Crippen molar-refractivity contribution >= 4 is 45.0 Å². The molecule has 1 aromatic carbocycles. The highest BCUT2D eigenvalue weighted by atomic mass is 79.9. The van der Waals surface area contributed by atoms with E-state index in [4.69, 9.17) is 11.6 Å². The van der Waals surface area contributed by atoms with Gasteiger partial charge in [-0.3, -0.25) is 0 Å². The predicted molar refractivity (Wildman–Crippen MR) is 89.5 cm³/mol. The Labute approximate surface area is 141 Å². The fourth-order valence-electron chi connectivity index (χ4n) is 2.22. The Morgan fingerprint density at radius 1 is 1.32 bits per heavy atom. The number of hydrogen-bond acceptors (Lipinski definition) is 5. The number of aromatic nitrogens is 2. The molecule has 1 fully saturated rings. The van der Waals surface area contributed by atoms with Crippen LogP contribution in [0.25, 0.3) is 0 Å². The topological polar surface area (TPSA) is 53.1 Å². The van der Waals surface area contributed by atoms with E-state index in [-0.39, 0.29) is 5.02 Å². The highest BCUT2D eigenvalue weighted by Gasteiger charge is 2.16. The Hall–Kier alpha value is -1.44. The third kappa shape index (κ3) is 3.48. The van der Waals surface area contributed by atoms with Crippen molar-refractivity contribution in [2.24, 2.45) is 0 Å². The maximum absolute atomic E-state index is 13.2. The quantitative estimate of drug-likeness (QED) is 0.848. The summed E-state index contributed by atoms with van der Waals surface area (Å²) in [5.41, 5.74) is 0.639. The normalized spacial score (nSPS) is 15.0. The van der Waals surface area contributed by atoms with Crippen molar-refractivity contribution in [1.29, 1.82) is 0 Å². The second-order valence-electron chi connectivity index (χ2n) is 4.86. The monoisotopic (exact) mass is 385 g/mol. The van der Waals surface area contributed by atoms with Gasteiger partial charge in [-0.2, -0.15) is 4.98 Å². The summed E-state index contributed by atoms with van der Waals surface area (Å²) in [6.07, 6.45) is 1.71. The molecule has 0 spiro atoms. The third-order valence-corrected chi connectivity index (χ3v) is 4.17. The maximum Gasteiger partial charge on any atom is 0.229 e. The van der Waals surface area contributed by atoms with Gasteiger partial charge >= 0.3 is 0 Å². The molecule has 5 nitrogen and oxygen atoms in total. The summed E-state index contributed by atoms with van der Waals surface area (Å²) in [5, 5.41) is 6.41. The zero-order valence-electron chi connectivity index (χ0n) is 11.6. The molecular weight excluding hydrogens is 373 g/mol. The second-order valence-corrected chi connectivity index (χ2v) is 6.12. The van der Waals surface area contributed by atoms with Crippen LogP contribution >= 0.6 is 27.5 Å². The van der Waals surface area contributed by atoms with Gasteiger partial charge in [-0.1, -0.05) is 11.6 Å². The van der Waals surface area contributed by atoms with E-state index in [2.05, 4.69) is 41.4 Å². The van der Waals surface area contributed by atoms with Crippen LogP contribution in [-0.2, 0) is 0 Å². The molecule has 0 amide bonds. The number of anilines is 3. The van der Waals surface area contributed by atoms with Gasteiger partial charge in [-0.15, -0.1) is 0 Å². The first-order valence-corrected chi connectivity index (χ1v) is 8.01.